The summed E-state index contributed by atoms with van der Waals surface area (Å²) in [6.07, 6.45) is 2.74. The van der Waals surface area contributed by atoms with Gasteiger partial charge in [-0.25, -0.2) is 4.39 Å². The second-order valence-corrected chi connectivity index (χ2v) is 5.83. The van der Waals surface area contributed by atoms with Crippen LogP contribution in [0.25, 0.3) is 0 Å². The minimum absolute atomic E-state index is 0.197. The smallest absolute Gasteiger partial charge is 0.272 e. The SMILES string of the molecule is O=C(C1CC1)N1CCCN(c2ccc([N+](=O)[O-])cc2F)CC1. The second kappa shape index (κ2) is 5.90. The fourth-order valence-electron chi connectivity index (χ4n) is 2.83. The molecular weight excluding hydrogens is 289 g/mol. The molecule has 1 aromatic rings. The highest BCUT2D eigenvalue weighted by atomic mass is 19.1. The number of hydrogen-bond acceptors (Lipinski definition) is 4. The molecule has 0 N–H and O–H groups in total. The molecule has 3 rings (SSSR count). The highest BCUT2D eigenvalue weighted by molar-refractivity contribution is 5.81. The van der Waals surface area contributed by atoms with Crippen molar-refractivity contribution < 1.29 is 14.1 Å². The van der Waals surface area contributed by atoms with E-state index in [4.69, 9.17) is 0 Å². The Balaban J connectivity index is 1.70. The van der Waals surface area contributed by atoms with E-state index in [0.29, 0.717) is 31.9 Å². The maximum Gasteiger partial charge on any atom is 0.272 e. The Hall–Kier alpha value is -2.18. The molecule has 1 heterocycles. The van der Waals surface area contributed by atoms with Crippen LogP contribution >= 0.6 is 0 Å². The predicted molar refractivity (Wildman–Crippen MR) is 79.2 cm³/mol. The molecule has 0 atom stereocenters. The van der Waals surface area contributed by atoms with E-state index in [0.717, 1.165) is 25.3 Å². The maximum atomic E-state index is 14.1. The second-order valence-electron chi connectivity index (χ2n) is 5.83. The molecule has 7 heteroatoms. The average Bonchev–Trinajstić information content (AvgIpc) is 3.33. The zero-order chi connectivity index (χ0) is 15.7. The van der Waals surface area contributed by atoms with Crippen LogP contribution in [0.15, 0.2) is 18.2 Å². The first kappa shape index (κ1) is 14.7. The summed E-state index contributed by atoms with van der Waals surface area (Å²) in [6, 6.07) is 3.72. The van der Waals surface area contributed by atoms with Crippen LogP contribution in [0.2, 0.25) is 0 Å². The Morgan fingerprint density at radius 3 is 2.64 bits per heavy atom. The lowest BCUT2D eigenvalue weighted by Gasteiger charge is -2.24. The van der Waals surface area contributed by atoms with Crippen molar-refractivity contribution in [3.8, 4) is 0 Å². The van der Waals surface area contributed by atoms with Crippen LogP contribution in [0.5, 0.6) is 0 Å². The molecule has 0 spiro atoms. The van der Waals surface area contributed by atoms with Crippen molar-refractivity contribution >= 4 is 17.3 Å². The summed E-state index contributed by atoms with van der Waals surface area (Å²) in [5.74, 6) is -0.176. The number of nitro benzene ring substituents is 1. The Morgan fingerprint density at radius 2 is 2.00 bits per heavy atom. The number of carbonyl (C=O) groups excluding carboxylic acids is 1. The number of carbonyl (C=O) groups is 1. The third kappa shape index (κ3) is 3.03. The first-order valence-corrected chi connectivity index (χ1v) is 7.54. The first-order chi connectivity index (χ1) is 10.6. The number of rotatable bonds is 3. The average molecular weight is 307 g/mol. The third-order valence-corrected chi connectivity index (χ3v) is 4.22. The van der Waals surface area contributed by atoms with Gasteiger partial charge in [0, 0.05) is 38.2 Å². The van der Waals surface area contributed by atoms with Crippen LogP contribution in [0, 0.1) is 21.8 Å². The lowest BCUT2D eigenvalue weighted by molar-refractivity contribution is -0.385. The zero-order valence-corrected chi connectivity index (χ0v) is 12.2. The van der Waals surface area contributed by atoms with Gasteiger partial charge in [0.05, 0.1) is 16.7 Å². The molecule has 1 saturated carbocycles. The van der Waals surface area contributed by atoms with Gasteiger partial charge in [0.15, 0.2) is 5.82 Å². The molecule has 2 fully saturated rings. The normalized spacial score (nSPS) is 19.0. The largest absolute Gasteiger partial charge is 0.367 e. The van der Waals surface area contributed by atoms with Crippen molar-refractivity contribution in [1.29, 1.82) is 0 Å². The van der Waals surface area contributed by atoms with Crippen molar-refractivity contribution in [3.63, 3.8) is 0 Å². The topological polar surface area (TPSA) is 66.7 Å². The zero-order valence-electron chi connectivity index (χ0n) is 12.2. The van der Waals surface area contributed by atoms with Crippen molar-refractivity contribution in [1.82, 2.24) is 4.90 Å². The summed E-state index contributed by atoms with van der Waals surface area (Å²) < 4.78 is 14.1. The van der Waals surface area contributed by atoms with Crippen LogP contribution < -0.4 is 4.90 Å². The molecule has 0 unspecified atom stereocenters. The lowest BCUT2D eigenvalue weighted by Crippen LogP contribution is -2.36. The number of nitrogens with zero attached hydrogens (tertiary/aromatic N) is 3. The minimum atomic E-state index is -0.606. The molecule has 2 aliphatic rings. The monoisotopic (exact) mass is 307 g/mol. The molecule has 1 aliphatic heterocycles. The summed E-state index contributed by atoms with van der Waals surface area (Å²) in [5.41, 5.74) is 0.118. The number of nitro groups is 1. The van der Waals surface area contributed by atoms with E-state index in [-0.39, 0.29) is 17.5 Å². The molecule has 118 valence electrons. The van der Waals surface area contributed by atoms with Gasteiger partial charge in [0.2, 0.25) is 5.91 Å². The fraction of sp³-hybridized carbons (Fsp3) is 0.533. The van der Waals surface area contributed by atoms with Gasteiger partial charge in [-0.1, -0.05) is 0 Å². The standard InChI is InChI=1S/C15H18FN3O3/c16-13-10-12(19(21)22)4-5-14(13)17-6-1-7-18(9-8-17)15(20)11-2-3-11/h4-5,10-11H,1-3,6-9H2. The number of amides is 1. The molecule has 1 amide bonds. The molecule has 1 aliphatic carbocycles. The van der Waals surface area contributed by atoms with Gasteiger partial charge in [0.1, 0.15) is 0 Å². The molecule has 1 saturated heterocycles. The van der Waals surface area contributed by atoms with Crippen LogP contribution in [0.4, 0.5) is 15.8 Å². The first-order valence-electron chi connectivity index (χ1n) is 7.54. The Bertz CT molecular complexity index is 604. The molecule has 0 bridgehead atoms. The van der Waals surface area contributed by atoms with Gasteiger partial charge in [-0.05, 0) is 25.3 Å². The van der Waals surface area contributed by atoms with Crippen molar-refractivity contribution in [2.75, 3.05) is 31.1 Å². The molecule has 6 nitrogen and oxygen atoms in total. The van der Waals surface area contributed by atoms with E-state index in [1.807, 2.05) is 9.80 Å². The summed E-state index contributed by atoms with van der Waals surface area (Å²) in [5, 5.41) is 10.7. The van der Waals surface area contributed by atoms with Gasteiger partial charge in [0.25, 0.3) is 5.69 Å². The maximum absolute atomic E-state index is 14.1. The summed E-state index contributed by atoms with van der Waals surface area (Å²) in [4.78, 5) is 25.9. The summed E-state index contributed by atoms with van der Waals surface area (Å²) >= 11 is 0. The Labute approximate surface area is 127 Å². The van der Waals surface area contributed by atoms with Crippen molar-refractivity contribution in [3.05, 3.63) is 34.1 Å². The lowest BCUT2D eigenvalue weighted by atomic mass is 10.2. The van der Waals surface area contributed by atoms with Gasteiger partial charge in [-0.15, -0.1) is 0 Å². The van der Waals surface area contributed by atoms with Crippen LogP contribution in [0.1, 0.15) is 19.3 Å². The Kier molecular flexibility index (Phi) is 3.96. The van der Waals surface area contributed by atoms with Crippen molar-refractivity contribution in [2.24, 2.45) is 5.92 Å². The molecule has 22 heavy (non-hydrogen) atoms. The van der Waals surface area contributed by atoms with E-state index < -0.39 is 10.7 Å². The summed E-state index contributed by atoms with van der Waals surface area (Å²) in [6.45, 7) is 2.46. The van der Waals surface area contributed by atoms with Gasteiger partial charge >= 0.3 is 0 Å². The molecule has 1 aromatic carbocycles. The highest BCUT2D eigenvalue weighted by Crippen LogP contribution is 2.31. The Morgan fingerprint density at radius 1 is 1.23 bits per heavy atom. The van der Waals surface area contributed by atoms with E-state index in [1.165, 1.54) is 12.1 Å². The van der Waals surface area contributed by atoms with E-state index in [2.05, 4.69) is 0 Å². The van der Waals surface area contributed by atoms with Crippen molar-refractivity contribution in [2.45, 2.75) is 19.3 Å². The van der Waals surface area contributed by atoms with Crippen LogP contribution in [-0.4, -0.2) is 41.9 Å². The number of benzene rings is 1. The number of anilines is 1. The predicted octanol–water partition coefficient (Wildman–Crippen LogP) is 2.18. The van der Waals surface area contributed by atoms with E-state index >= 15 is 0 Å². The van der Waals surface area contributed by atoms with Gasteiger partial charge < -0.3 is 9.80 Å². The fourth-order valence-corrected chi connectivity index (χ4v) is 2.83. The van der Waals surface area contributed by atoms with Gasteiger partial charge in [-0.3, -0.25) is 14.9 Å². The molecular formula is C15H18FN3O3. The minimum Gasteiger partial charge on any atom is -0.367 e. The van der Waals surface area contributed by atoms with Gasteiger partial charge in [-0.2, -0.15) is 0 Å². The van der Waals surface area contributed by atoms with Crippen LogP contribution in [-0.2, 0) is 4.79 Å². The number of non-ortho nitro benzene ring substituents is 1. The quantitative estimate of drug-likeness (QED) is 0.634. The van der Waals surface area contributed by atoms with E-state index in [9.17, 15) is 19.3 Å². The van der Waals surface area contributed by atoms with E-state index in [1.54, 1.807) is 0 Å². The molecule has 0 aromatic heterocycles. The highest BCUT2D eigenvalue weighted by Gasteiger charge is 2.34. The molecule has 0 radical (unpaired) electrons. The number of hydrogen-bond donors (Lipinski definition) is 0. The summed E-state index contributed by atoms with van der Waals surface area (Å²) in [7, 11) is 0. The third-order valence-electron chi connectivity index (χ3n) is 4.22. The van der Waals surface area contributed by atoms with Crippen LogP contribution in [0.3, 0.4) is 0 Å². The number of halogens is 1.